The molecular weight excluding hydrogens is 349 g/mol. The van der Waals surface area contributed by atoms with Crippen LogP contribution in [0, 0.1) is 11.7 Å². The van der Waals surface area contributed by atoms with Gasteiger partial charge in [-0.1, -0.05) is 13.8 Å². The van der Waals surface area contributed by atoms with Gasteiger partial charge in [0.2, 0.25) is 16.0 Å². The van der Waals surface area contributed by atoms with Gasteiger partial charge in [0.15, 0.2) is 11.6 Å². The quantitative estimate of drug-likeness (QED) is 0.581. The van der Waals surface area contributed by atoms with Crippen LogP contribution in [-0.2, 0) is 10.0 Å². The van der Waals surface area contributed by atoms with Crippen LogP contribution in [0.1, 0.15) is 13.8 Å². The van der Waals surface area contributed by atoms with E-state index < -0.39 is 15.8 Å². The number of nitrogens with one attached hydrogen (secondary N) is 2. The number of hydrogen-bond acceptors (Lipinski definition) is 7. The monoisotopic (exact) mass is 369 g/mol. The maximum atomic E-state index is 13.9. The molecule has 0 saturated heterocycles. The molecule has 25 heavy (non-hydrogen) atoms. The molecule has 0 radical (unpaired) electrons. The van der Waals surface area contributed by atoms with Crippen LogP contribution in [0.15, 0.2) is 35.4 Å². The Hall–Kier alpha value is -2.30. The van der Waals surface area contributed by atoms with E-state index in [-0.39, 0.29) is 35.2 Å². The molecule has 1 aromatic carbocycles. The average Bonchev–Trinajstić information content (AvgIpc) is 2.54. The zero-order valence-corrected chi connectivity index (χ0v) is 14.6. The zero-order chi connectivity index (χ0) is 18.6. The first-order valence-corrected chi connectivity index (χ1v) is 9.05. The number of benzene rings is 1. The van der Waals surface area contributed by atoms with Crippen LogP contribution in [-0.4, -0.2) is 36.1 Å². The number of nitrogens with two attached hydrogens (primary N) is 1. The largest absolute Gasteiger partial charge is 0.394 e. The van der Waals surface area contributed by atoms with Gasteiger partial charge in [0.1, 0.15) is 0 Å². The Labute approximate surface area is 145 Å². The summed E-state index contributed by atoms with van der Waals surface area (Å²) in [6, 6.07) is 5.29. The minimum Gasteiger partial charge on any atom is -0.394 e. The summed E-state index contributed by atoms with van der Waals surface area (Å²) in [6.07, 6.45) is 1.01. The zero-order valence-electron chi connectivity index (χ0n) is 13.8. The number of hydrogen-bond donors (Lipinski definition) is 4. The van der Waals surface area contributed by atoms with Gasteiger partial charge in [-0.3, -0.25) is 0 Å². The molecule has 0 saturated carbocycles. The molecule has 1 atom stereocenters. The fourth-order valence-electron chi connectivity index (χ4n) is 1.98. The molecule has 0 unspecified atom stereocenters. The van der Waals surface area contributed by atoms with Gasteiger partial charge in [0.05, 0.1) is 23.7 Å². The summed E-state index contributed by atoms with van der Waals surface area (Å²) in [7, 11) is -3.77. The highest BCUT2D eigenvalue weighted by atomic mass is 32.2. The number of sulfonamides is 1. The van der Waals surface area contributed by atoms with Gasteiger partial charge in [-0.25, -0.2) is 22.9 Å². The third kappa shape index (κ3) is 5.08. The Morgan fingerprint density at radius 2 is 1.92 bits per heavy atom. The fourth-order valence-corrected chi connectivity index (χ4v) is 2.50. The predicted octanol–water partition coefficient (Wildman–Crippen LogP) is 1.44. The van der Waals surface area contributed by atoms with E-state index >= 15 is 0 Å². The Balaban J connectivity index is 2.19. The lowest BCUT2D eigenvalue weighted by molar-refractivity contribution is 0.248. The third-order valence-corrected chi connectivity index (χ3v) is 4.44. The summed E-state index contributed by atoms with van der Waals surface area (Å²) in [5, 5.41) is 20.1. The molecule has 0 amide bonds. The van der Waals surface area contributed by atoms with Gasteiger partial charge in [0.25, 0.3) is 0 Å². The average molecular weight is 369 g/mol. The summed E-state index contributed by atoms with van der Waals surface area (Å²) in [5.41, 5.74) is 0.507. The molecule has 5 N–H and O–H groups in total. The van der Waals surface area contributed by atoms with Gasteiger partial charge in [-0.05, 0) is 30.2 Å². The maximum absolute atomic E-state index is 13.9. The van der Waals surface area contributed by atoms with E-state index in [0.29, 0.717) is 5.69 Å². The lowest BCUT2D eigenvalue weighted by Crippen LogP contribution is -2.30. The molecule has 0 aliphatic heterocycles. The van der Waals surface area contributed by atoms with Crippen LogP contribution >= 0.6 is 0 Å². The SMILES string of the molecule is CC(C)[C@H](CO)Nc1nc(Nc2ccc(S(N)(=O)=O)cc2)ncc1F. The van der Waals surface area contributed by atoms with Crippen molar-refractivity contribution in [3.63, 3.8) is 0 Å². The summed E-state index contributed by atoms with van der Waals surface area (Å²) >= 11 is 0. The van der Waals surface area contributed by atoms with E-state index in [2.05, 4.69) is 20.6 Å². The first kappa shape index (κ1) is 19.0. The van der Waals surface area contributed by atoms with Crippen LogP contribution in [0.2, 0.25) is 0 Å². The number of aromatic nitrogens is 2. The summed E-state index contributed by atoms with van der Waals surface area (Å²) in [5.74, 6) is -0.491. The summed E-state index contributed by atoms with van der Waals surface area (Å²) < 4.78 is 36.3. The number of aliphatic hydroxyl groups excluding tert-OH is 1. The highest BCUT2D eigenvalue weighted by Gasteiger charge is 2.16. The number of rotatable bonds is 7. The van der Waals surface area contributed by atoms with E-state index in [1.807, 2.05) is 13.8 Å². The van der Waals surface area contributed by atoms with Crippen molar-refractivity contribution in [2.24, 2.45) is 11.1 Å². The molecule has 10 heteroatoms. The second-order valence-corrected chi connectivity index (χ2v) is 7.32. The van der Waals surface area contributed by atoms with E-state index in [1.165, 1.54) is 24.3 Å². The van der Waals surface area contributed by atoms with Crippen LogP contribution in [0.4, 0.5) is 21.8 Å². The van der Waals surface area contributed by atoms with Gasteiger partial charge in [0, 0.05) is 5.69 Å². The maximum Gasteiger partial charge on any atom is 0.238 e. The van der Waals surface area contributed by atoms with E-state index in [9.17, 15) is 17.9 Å². The number of aliphatic hydroxyl groups is 1. The Morgan fingerprint density at radius 1 is 1.28 bits per heavy atom. The van der Waals surface area contributed by atoms with E-state index in [1.54, 1.807) is 0 Å². The fraction of sp³-hybridized carbons (Fsp3) is 0.333. The standard InChI is InChI=1S/C15H20FN5O3S/c1-9(2)13(8-22)20-14-12(16)7-18-15(21-14)19-10-3-5-11(6-4-10)25(17,23)24/h3-7,9,13,22H,8H2,1-2H3,(H2,17,23,24)(H2,18,19,20,21)/t13-/m0/s1. The first-order valence-electron chi connectivity index (χ1n) is 7.50. The Morgan fingerprint density at radius 3 is 2.44 bits per heavy atom. The third-order valence-electron chi connectivity index (χ3n) is 3.51. The van der Waals surface area contributed by atoms with Gasteiger partial charge in [-0.2, -0.15) is 4.98 Å². The molecular formula is C15H20FN5O3S. The van der Waals surface area contributed by atoms with Gasteiger partial charge in [-0.15, -0.1) is 0 Å². The normalized spacial score (nSPS) is 12.9. The van der Waals surface area contributed by atoms with Crippen molar-refractivity contribution in [3.8, 4) is 0 Å². The molecule has 2 rings (SSSR count). The van der Waals surface area contributed by atoms with E-state index in [4.69, 9.17) is 5.14 Å². The molecule has 136 valence electrons. The molecule has 1 aromatic heterocycles. The molecule has 0 spiro atoms. The van der Waals surface area contributed by atoms with Crippen LogP contribution in [0.3, 0.4) is 0 Å². The summed E-state index contributed by atoms with van der Waals surface area (Å²) in [4.78, 5) is 7.86. The topological polar surface area (TPSA) is 130 Å². The Kier molecular flexibility index (Phi) is 5.88. The molecule has 1 heterocycles. The highest BCUT2D eigenvalue weighted by molar-refractivity contribution is 7.89. The van der Waals surface area contributed by atoms with Crippen LogP contribution in [0.5, 0.6) is 0 Å². The summed E-state index contributed by atoms with van der Waals surface area (Å²) in [6.45, 7) is 3.61. The van der Waals surface area contributed by atoms with E-state index in [0.717, 1.165) is 6.20 Å². The smallest absolute Gasteiger partial charge is 0.238 e. The van der Waals surface area contributed by atoms with Crippen LogP contribution < -0.4 is 15.8 Å². The highest BCUT2D eigenvalue weighted by Crippen LogP contribution is 2.19. The predicted molar refractivity (Wildman–Crippen MR) is 92.4 cm³/mol. The lowest BCUT2D eigenvalue weighted by Gasteiger charge is -2.21. The van der Waals surface area contributed by atoms with Crippen molar-refractivity contribution < 1.29 is 17.9 Å². The van der Waals surface area contributed by atoms with Crippen LogP contribution in [0.25, 0.3) is 0 Å². The molecule has 0 aliphatic rings. The number of anilines is 3. The van der Waals surface area contributed by atoms with Crippen molar-refractivity contribution in [1.82, 2.24) is 9.97 Å². The lowest BCUT2D eigenvalue weighted by atomic mass is 10.1. The number of halogens is 1. The minimum absolute atomic E-state index is 0.0249. The van der Waals surface area contributed by atoms with Crippen molar-refractivity contribution in [1.29, 1.82) is 0 Å². The molecule has 8 nitrogen and oxygen atoms in total. The molecule has 2 aromatic rings. The van der Waals surface area contributed by atoms with Crippen molar-refractivity contribution in [2.45, 2.75) is 24.8 Å². The molecule has 0 bridgehead atoms. The Bertz CT molecular complexity index is 828. The second kappa shape index (κ2) is 7.72. The molecule has 0 fully saturated rings. The molecule has 0 aliphatic carbocycles. The van der Waals surface area contributed by atoms with Crippen molar-refractivity contribution >= 4 is 27.5 Å². The number of nitrogens with zero attached hydrogens (tertiary/aromatic N) is 2. The van der Waals surface area contributed by atoms with Gasteiger partial charge < -0.3 is 15.7 Å². The number of primary sulfonamides is 1. The van der Waals surface area contributed by atoms with Crippen molar-refractivity contribution in [3.05, 3.63) is 36.3 Å². The minimum atomic E-state index is -3.77. The second-order valence-electron chi connectivity index (χ2n) is 5.76. The van der Waals surface area contributed by atoms with Crippen molar-refractivity contribution in [2.75, 3.05) is 17.2 Å². The first-order chi connectivity index (χ1) is 11.7. The van der Waals surface area contributed by atoms with Gasteiger partial charge >= 0.3 is 0 Å².